The summed E-state index contributed by atoms with van der Waals surface area (Å²) in [7, 11) is 0. The Morgan fingerprint density at radius 3 is 2.58 bits per heavy atom. The van der Waals surface area contributed by atoms with E-state index in [1.807, 2.05) is 30.3 Å². The second kappa shape index (κ2) is 6.27. The van der Waals surface area contributed by atoms with Crippen molar-refractivity contribution in [1.29, 1.82) is 0 Å². The Kier molecular flexibility index (Phi) is 3.77. The molecule has 1 aliphatic heterocycles. The van der Waals surface area contributed by atoms with Crippen molar-refractivity contribution in [1.82, 2.24) is 4.90 Å². The molecule has 4 heteroatoms. The summed E-state index contributed by atoms with van der Waals surface area (Å²) in [5.74, 6) is 0.0626. The summed E-state index contributed by atoms with van der Waals surface area (Å²) in [6.45, 7) is 0. The zero-order chi connectivity index (χ0) is 17.5. The molecule has 1 amide bonds. The fourth-order valence-electron chi connectivity index (χ4n) is 4.24. The van der Waals surface area contributed by atoms with E-state index < -0.39 is 0 Å². The monoisotopic (exact) mass is 346 g/mol. The molecule has 5 rings (SSSR count). The zero-order valence-electron chi connectivity index (χ0n) is 14.7. The predicted molar refractivity (Wildman–Crippen MR) is 99.7 cm³/mol. The maximum Gasteiger partial charge on any atom is 0.272 e. The Bertz CT molecular complexity index is 857. The van der Waals surface area contributed by atoms with Gasteiger partial charge in [-0.25, -0.2) is 0 Å². The standard InChI is InChI=1S/C22H22N2O2/c25-22(19-14-21(26-23-19)16-7-2-1-3-8-16)24(17-11-12-17)20-13-10-15-6-4-5-9-18(15)20/h1-9,17,20-21H,10-14H2. The quantitative estimate of drug-likeness (QED) is 0.833. The van der Waals surface area contributed by atoms with Crippen molar-refractivity contribution in [2.75, 3.05) is 0 Å². The molecule has 2 aromatic carbocycles. The molecule has 0 bridgehead atoms. The van der Waals surface area contributed by atoms with Crippen LogP contribution in [-0.2, 0) is 16.1 Å². The maximum atomic E-state index is 13.3. The molecule has 1 saturated carbocycles. The van der Waals surface area contributed by atoms with Crippen molar-refractivity contribution in [2.24, 2.45) is 5.16 Å². The minimum absolute atomic E-state index is 0.0626. The molecule has 2 unspecified atom stereocenters. The van der Waals surface area contributed by atoms with Crippen molar-refractivity contribution in [3.63, 3.8) is 0 Å². The lowest BCUT2D eigenvalue weighted by molar-refractivity contribution is -0.127. The lowest BCUT2D eigenvalue weighted by Gasteiger charge is -2.29. The Morgan fingerprint density at radius 1 is 1.00 bits per heavy atom. The summed E-state index contributed by atoms with van der Waals surface area (Å²) in [5.41, 5.74) is 4.33. The summed E-state index contributed by atoms with van der Waals surface area (Å²) in [6, 6.07) is 19.1. The van der Waals surface area contributed by atoms with Crippen LogP contribution < -0.4 is 0 Å². The number of carbonyl (C=O) groups is 1. The highest BCUT2D eigenvalue weighted by Gasteiger charge is 2.43. The van der Waals surface area contributed by atoms with Gasteiger partial charge >= 0.3 is 0 Å². The zero-order valence-corrected chi connectivity index (χ0v) is 14.7. The molecule has 0 radical (unpaired) electrons. The number of rotatable bonds is 4. The van der Waals surface area contributed by atoms with Gasteiger partial charge in [0.05, 0.1) is 6.04 Å². The van der Waals surface area contributed by atoms with Gasteiger partial charge in [0, 0.05) is 12.5 Å². The summed E-state index contributed by atoms with van der Waals surface area (Å²) in [5, 5.41) is 4.18. The molecule has 0 aromatic heterocycles. The van der Waals surface area contributed by atoms with Gasteiger partial charge in [-0.3, -0.25) is 4.79 Å². The first-order valence-corrected chi connectivity index (χ1v) is 9.49. The lowest BCUT2D eigenvalue weighted by Crippen LogP contribution is -2.40. The van der Waals surface area contributed by atoms with E-state index in [1.54, 1.807) is 0 Å². The van der Waals surface area contributed by atoms with Gasteiger partial charge in [-0.1, -0.05) is 59.8 Å². The lowest BCUT2D eigenvalue weighted by atomic mass is 10.0. The molecule has 2 aliphatic carbocycles. The van der Waals surface area contributed by atoms with Gasteiger partial charge in [-0.2, -0.15) is 0 Å². The third kappa shape index (κ3) is 2.70. The molecular weight excluding hydrogens is 324 g/mol. The van der Waals surface area contributed by atoms with Gasteiger partial charge in [0.2, 0.25) is 0 Å². The Hall–Kier alpha value is -2.62. The van der Waals surface area contributed by atoms with Crippen LogP contribution in [0.5, 0.6) is 0 Å². The Labute approximate surface area is 153 Å². The summed E-state index contributed by atoms with van der Waals surface area (Å²) in [4.78, 5) is 21.0. The maximum absolute atomic E-state index is 13.3. The summed E-state index contributed by atoms with van der Waals surface area (Å²) < 4.78 is 0. The van der Waals surface area contributed by atoms with Gasteiger partial charge in [0.15, 0.2) is 6.10 Å². The summed E-state index contributed by atoms with van der Waals surface area (Å²) in [6.07, 6.45) is 4.67. The highest BCUT2D eigenvalue weighted by molar-refractivity contribution is 6.39. The van der Waals surface area contributed by atoms with Crippen molar-refractivity contribution in [3.05, 3.63) is 71.3 Å². The van der Waals surface area contributed by atoms with Gasteiger partial charge in [0.1, 0.15) is 5.71 Å². The largest absolute Gasteiger partial charge is 0.387 e. The van der Waals surface area contributed by atoms with Crippen molar-refractivity contribution in [2.45, 2.75) is 50.3 Å². The number of fused-ring (bicyclic) bond motifs is 1. The first-order chi connectivity index (χ1) is 12.8. The normalized spacial score (nSPS) is 23.9. The van der Waals surface area contributed by atoms with Crippen LogP contribution in [0.4, 0.5) is 0 Å². The molecular formula is C22H22N2O2. The minimum atomic E-state index is -0.146. The molecule has 2 atom stereocenters. The number of hydrogen-bond acceptors (Lipinski definition) is 3. The fourth-order valence-corrected chi connectivity index (χ4v) is 4.24. The van der Waals surface area contributed by atoms with Crippen LogP contribution in [0.15, 0.2) is 59.8 Å². The fraction of sp³-hybridized carbons (Fsp3) is 0.364. The van der Waals surface area contributed by atoms with Crippen LogP contribution in [0.1, 0.15) is 54.5 Å². The third-order valence-electron chi connectivity index (χ3n) is 5.70. The predicted octanol–water partition coefficient (Wildman–Crippen LogP) is 4.18. The van der Waals surface area contributed by atoms with Crippen molar-refractivity contribution < 1.29 is 9.63 Å². The van der Waals surface area contributed by atoms with Crippen LogP contribution in [-0.4, -0.2) is 22.6 Å². The molecule has 0 saturated heterocycles. The highest BCUT2D eigenvalue weighted by atomic mass is 16.6. The third-order valence-corrected chi connectivity index (χ3v) is 5.70. The van der Waals surface area contributed by atoms with Gasteiger partial charge in [-0.05, 0) is 42.4 Å². The van der Waals surface area contributed by atoms with E-state index >= 15 is 0 Å². The van der Waals surface area contributed by atoms with E-state index in [4.69, 9.17) is 4.84 Å². The van der Waals surface area contributed by atoms with Crippen LogP contribution in [0.25, 0.3) is 0 Å². The van der Waals surface area contributed by atoms with E-state index in [0.717, 1.165) is 31.2 Å². The molecule has 1 heterocycles. The smallest absolute Gasteiger partial charge is 0.272 e. The number of benzene rings is 2. The average Bonchev–Trinajstić information content (AvgIpc) is 3.24. The van der Waals surface area contributed by atoms with Crippen LogP contribution in [0, 0.1) is 0 Å². The first-order valence-electron chi connectivity index (χ1n) is 9.49. The second-order valence-corrected chi connectivity index (χ2v) is 7.44. The number of aryl methyl sites for hydroxylation is 1. The van der Waals surface area contributed by atoms with Crippen molar-refractivity contribution in [3.8, 4) is 0 Å². The van der Waals surface area contributed by atoms with E-state index in [2.05, 4.69) is 34.3 Å². The van der Waals surface area contributed by atoms with E-state index in [9.17, 15) is 4.79 Å². The Balaban J connectivity index is 1.37. The van der Waals surface area contributed by atoms with Gasteiger partial charge in [0.25, 0.3) is 5.91 Å². The SMILES string of the molecule is O=C(C1=NOC(c2ccccc2)C1)N(C1CC1)C1CCc2ccccc21. The number of oxime groups is 1. The van der Waals surface area contributed by atoms with E-state index in [0.29, 0.717) is 18.2 Å². The van der Waals surface area contributed by atoms with Crippen LogP contribution in [0.2, 0.25) is 0 Å². The molecule has 132 valence electrons. The molecule has 0 N–H and O–H groups in total. The number of carbonyl (C=O) groups excluding carboxylic acids is 1. The van der Waals surface area contributed by atoms with Gasteiger partial charge < -0.3 is 9.74 Å². The second-order valence-electron chi connectivity index (χ2n) is 7.44. The highest BCUT2D eigenvalue weighted by Crippen LogP contribution is 2.42. The number of hydrogen-bond donors (Lipinski definition) is 0. The summed E-state index contributed by atoms with van der Waals surface area (Å²) >= 11 is 0. The van der Waals surface area contributed by atoms with Crippen LogP contribution in [0.3, 0.4) is 0 Å². The molecule has 3 aliphatic rings. The molecule has 1 fully saturated rings. The number of nitrogens with zero attached hydrogens (tertiary/aromatic N) is 2. The number of amides is 1. The minimum Gasteiger partial charge on any atom is -0.387 e. The van der Waals surface area contributed by atoms with Gasteiger partial charge in [-0.15, -0.1) is 0 Å². The topological polar surface area (TPSA) is 41.9 Å². The molecule has 26 heavy (non-hydrogen) atoms. The molecule has 2 aromatic rings. The van der Waals surface area contributed by atoms with E-state index in [-0.39, 0.29) is 18.1 Å². The Morgan fingerprint density at radius 2 is 1.77 bits per heavy atom. The average molecular weight is 346 g/mol. The van der Waals surface area contributed by atoms with E-state index in [1.165, 1.54) is 11.1 Å². The van der Waals surface area contributed by atoms with Crippen LogP contribution >= 0.6 is 0 Å². The molecule has 0 spiro atoms. The molecule has 4 nitrogen and oxygen atoms in total. The first kappa shape index (κ1) is 15.6. The van der Waals surface area contributed by atoms with Crippen molar-refractivity contribution >= 4 is 11.6 Å².